The van der Waals surface area contributed by atoms with E-state index >= 15 is 0 Å². The molecule has 4 nitrogen and oxygen atoms in total. The van der Waals surface area contributed by atoms with Gasteiger partial charge in [-0.3, -0.25) is 4.90 Å². The first kappa shape index (κ1) is 13.4. The average molecular weight is 257 g/mol. The maximum atomic E-state index is 5.68. The van der Waals surface area contributed by atoms with Crippen molar-refractivity contribution in [2.75, 3.05) is 19.9 Å². The standard InChI is InChI=1S/C15H19N3O/c1-18(11-13-4-3-5-15(16)17-13)10-12-6-8-14(19-2)9-7-12/h3-9H,10-11H2,1-2H3,(H2,16,17). The summed E-state index contributed by atoms with van der Waals surface area (Å²) in [5.74, 6) is 1.44. The first-order chi connectivity index (χ1) is 9.17. The van der Waals surface area contributed by atoms with Crippen LogP contribution < -0.4 is 10.5 Å². The Bertz CT molecular complexity index is 525. The number of hydrogen-bond donors (Lipinski definition) is 1. The molecule has 0 aliphatic heterocycles. The second-order valence-electron chi connectivity index (χ2n) is 4.57. The minimum atomic E-state index is 0.565. The number of ether oxygens (including phenoxy) is 1. The topological polar surface area (TPSA) is 51.4 Å². The first-order valence-corrected chi connectivity index (χ1v) is 6.20. The van der Waals surface area contributed by atoms with E-state index in [1.165, 1.54) is 5.56 Å². The molecular weight excluding hydrogens is 238 g/mol. The van der Waals surface area contributed by atoms with Gasteiger partial charge in [-0.1, -0.05) is 18.2 Å². The van der Waals surface area contributed by atoms with Gasteiger partial charge in [0.05, 0.1) is 12.8 Å². The number of rotatable bonds is 5. The Kier molecular flexibility index (Phi) is 4.36. The smallest absolute Gasteiger partial charge is 0.123 e. The van der Waals surface area contributed by atoms with E-state index in [0.29, 0.717) is 5.82 Å². The highest BCUT2D eigenvalue weighted by atomic mass is 16.5. The summed E-state index contributed by atoms with van der Waals surface area (Å²) in [5, 5.41) is 0. The molecule has 19 heavy (non-hydrogen) atoms. The molecule has 0 atom stereocenters. The van der Waals surface area contributed by atoms with Crippen LogP contribution in [0, 0.1) is 0 Å². The summed E-state index contributed by atoms with van der Waals surface area (Å²) in [6.45, 7) is 1.64. The summed E-state index contributed by atoms with van der Waals surface area (Å²) in [5.41, 5.74) is 7.90. The predicted molar refractivity (Wildman–Crippen MR) is 76.8 cm³/mol. The van der Waals surface area contributed by atoms with Crippen LogP contribution in [0.1, 0.15) is 11.3 Å². The molecule has 0 radical (unpaired) electrons. The number of nitrogens with two attached hydrogens (primary N) is 1. The van der Waals surface area contributed by atoms with Crippen LogP contribution in [0.4, 0.5) is 5.82 Å². The van der Waals surface area contributed by atoms with Crippen molar-refractivity contribution in [3.05, 3.63) is 53.7 Å². The zero-order valence-corrected chi connectivity index (χ0v) is 11.3. The summed E-state index contributed by atoms with van der Waals surface area (Å²) in [4.78, 5) is 6.50. The molecule has 1 aromatic heterocycles. The molecule has 4 heteroatoms. The van der Waals surface area contributed by atoms with Gasteiger partial charge in [0.15, 0.2) is 0 Å². The summed E-state index contributed by atoms with van der Waals surface area (Å²) >= 11 is 0. The fourth-order valence-electron chi connectivity index (χ4n) is 1.96. The summed E-state index contributed by atoms with van der Waals surface area (Å²) in [7, 11) is 3.74. The fraction of sp³-hybridized carbons (Fsp3) is 0.267. The van der Waals surface area contributed by atoms with Crippen molar-refractivity contribution in [2.45, 2.75) is 13.1 Å². The van der Waals surface area contributed by atoms with Crippen molar-refractivity contribution in [2.24, 2.45) is 0 Å². The molecule has 2 N–H and O–H groups in total. The number of anilines is 1. The number of nitrogen functional groups attached to an aromatic ring is 1. The number of nitrogens with zero attached hydrogens (tertiary/aromatic N) is 2. The van der Waals surface area contributed by atoms with Gasteiger partial charge in [0.25, 0.3) is 0 Å². The highest BCUT2D eigenvalue weighted by Crippen LogP contribution is 2.13. The third-order valence-electron chi connectivity index (χ3n) is 2.87. The van der Waals surface area contributed by atoms with Crippen LogP contribution in [0.25, 0.3) is 0 Å². The Labute approximate surface area is 113 Å². The van der Waals surface area contributed by atoms with Crippen molar-refractivity contribution in [1.29, 1.82) is 0 Å². The Morgan fingerprint density at radius 3 is 2.47 bits per heavy atom. The van der Waals surface area contributed by atoms with Crippen LogP contribution in [0.2, 0.25) is 0 Å². The molecule has 0 bridgehead atoms. The van der Waals surface area contributed by atoms with Gasteiger partial charge in [0.2, 0.25) is 0 Å². The van der Waals surface area contributed by atoms with Crippen LogP contribution in [-0.2, 0) is 13.1 Å². The van der Waals surface area contributed by atoms with E-state index in [1.54, 1.807) is 13.2 Å². The van der Waals surface area contributed by atoms with Crippen molar-refractivity contribution >= 4 is 5.82 Å². The Morgan fingerprint density at radius 1 is 1.11 bits per heavy atom. The van der Waals surface area contributed by atoms with Crippen LogP contribution in [-0.4, -0.2) is 24.0 Å². The number of aromatic nitrogens is 1. The van der Waals surface area contributed by atoms with E-state index in [1.807, 2.05) is 24.3 Å². The van der Waals surface area contributed by atoms with E-state index in [-0.39, 0.29) is 0 Å². The van der Waals surface area contributed by atoms with Crippen LogP contribution >= 0.6 is 0 Å². The van der Waals surface area contributed by atoms with E-state index in [9.17, 15) is 0 Å². The molecule has 1 aromatic carbocycles. The quantitative estimate of drug-likeness (QED) is 0.893. The SMILES string of the molecule is COc1ccc(CN(C)Cc2cccc(N)n2)cc1. The Balaban J connectivity index is 1.95. The van der Waals surface area contributed by atoms with E-state index in [0.717, 1.165) is 24.5 Å². The van der Waals surface area contributed by atoms with Gasteiger partial charge < -0.3 is 10.5 Å². The molecule has 0 aliphatic rings. The molecule has 0 spiro atoms. The molecule has 0 amide bonds. The lowest BCUT2D eigenvalue weighted by molar-refractivity contribution is 0.315. The van der Waals surface area contributed by atoms with E-state index in [4.69, 9.17) is 10.5 Å². The van der Waals surface area contributed by atoms with Gasteiger partial charge in [-0.2, -0.15) is 0 Å². The van der Waals surface area contributed by atoms with Crippen LogP contribution in [0.3, 0.4) is 0 Å². The minimum absolute atomic E-state index is 0.565. The Hall–Kier alpha value is -2.07. The predicted octanol–water partition coefficient (Wildman–Crippen LogP) is 2.30. The second kappa shape index (κ2) is 6.20. The summed E-state index contributed by atoms with van der Waals surface area (Å²) in [6.07, 6.45) is 0. The van der Waals surface area contributed by atoms with Crippen LogP contribution in [0.5, 0.6) is 5.75 Å². The molecule has 0 saturated carbocycles. The van der Waals surface area contributed by atoms with Crippen LogP contribution in [0.15, 0.2) is 42.5 Å². The van der Waals surface area contributed by atoms with Gasteiger partial charge in [-0.25, -0.2) is 4.98 Å². The lowest BCUT2D eigenvalue weighted by Gasteiger charge is -2.16. The van der Waals surface area contributed by atoms with Gasteiger partial charge in [0.1, 0.15) is 11.6 Å². The van der Waals surface area contributed by atoms with Crippen molar-refractivity contribution < 1.29 is 4.74 Å². The molecule has 100 valence electrons. The summed E-state index contributed by atoms with van der Waals surface area (Å²) < 4.78 is 5.15. The van der Waals surface area contributed by atoms with Gasteiger partial charge in [0, 0.05) is 13.1 Å². The molecule has 2 aromatic rings. The third-order valence-corrected chi connectivity index (χ3v) is 2.87. The zero-order valence-electron chi connectivity index (χ0n) is 11.3. The molecule has 0 aliphatic carbocycles. The minimum Gasteiger partial charge on any atom is -0.497 e. The number of methoxy groups -OCH3 is 1. The maximum absolute atomic E-state index is 5.68. The number of benzene rings is 1. The fourth-order valence-corrected chi connectivity index (χ4v) is 1.96. The molecular formula is C15H19N3O. The van der Waals surface area contributed by atoms with E-state index < -0.39 is 0 Å². The first-order valence-electron chi connectivity index (χ1n) is 6.20. The number of pyridine rings is 1. The summed E-state index contributed by atoms with van der Waals surface area (Å²) in [6, 6.07) is 13.8. The van der Waals surface area contributed by atoms with Crippen molar-refractivity contribution in [3.8, 4) is 5.75 Å². The van der Waals surface area contributed by atoms with Crippen molar-refractivity contribution in [3.63, 3.8) is 0 Å². The lowest BCUT2D eigenvalue weighted by Crippen LogP contribution is -2.18. The second-order valence-corrected chi connectivity index (χ2v) is 4.57. The average Bonchev–Trinajstić information content (AvgIpc) is 2.39. The van der Waals surface area contributed by atoms with Gasteiger partial charge >= 0.3 is 0 Å². The Morgan fingerprint density at radius 2 is 1.84 bits per heavy atom. The molecule has 2 rings (SSSR count). The number of hydrogen-bond acceptors (Lipinski definition) is 4. The van der Waals surface area contributed by atoms with E-state index in [2.05, 4.69) is 29.1 Å². The van der Waals surface area contributed by atoms with Crippen molar-refractivity contribution in [1.82, 2.24) is 9.88 Å². The highest BCUT2D eigenvalue weighted by molar-refractivity contribution is 5.29. The normalized spacial score (nSPS) is 10.7. The molecule has 0 saturated heterocycles. The third kappa shape index (κ3) is 3.96. The largest absolute Gasteiger partial charge is 0.497 e. The molecule has 0 fully saturated rings. The molecule has 0 unspecified atom stereocenters. The molecule has 1 heterocycles. The highest BCUT2D eigenvalue weighted by Gasteiger charge is 2.03. The zero-order chi connectivity index (χ0) is 13.7. The van der Waals surface area contributed by atoms with Gasteiger partial charge in [-0.15, -0.1) is 0 Å². The monoisotopic (exact) mass is 257 g/mol. The maximum Gasteiger partial charge on any atom is 0.123 e. The lowest BCUT2D eigenvalue weighted by atomic mass is 10.2. The van der Waals surface area contributed by atoms with Gasteiger partial charge in [-0.05, 0) is 36.9 Å².